The predicted octanol–water partition coefficient (Wildman–Crippen LogP) is 2.83. The van der Waals surface area contributed by atoms with Gasteiger partial charge in [0.15, 0.2) is 0 Å². The fraction of sp³-hybridized carbons (Fsp3) is 0.364. The van der Waals surface area contributed by atoms with E-state index in [-0.39, 0.29) is 12.5 Å². The molecule has 1 atom stereocenters. The molecule has 0 aromatic heterocycles. The summed E-state index contributed by atoms with van der Waals surface area (Å²) in [7, 11) is -2.25. The molecule has 2 aromatic carbocycles. The molecule has 0 heterocycles. The van der Waals surface area contributed by atoms with Crippen LogP contribution in [-0.4, -0.2) is 51.0 Å². The second kappa shape index (κ2) is 10.6. The van der Waals surface area contributed by atoms with Crippen molar-refractivity contribution in [2.45, 2.75) is 32.9 Å². The number of amides is 2. The van der Waals surface area contributed by atoms with Crippen LogP contribution in [0, 0.1) is 0 Å². The van der Waals surface area contributed by atoms with Gasteiger partial charge in [0.05, 0.1) is 11.9 Å². The van der Waals surface area contributed by atoms with Gasteiger partial charge in [-0.3, -0.25) is 13.9 Å². The number of rotatable bonds is 9. The molecule has 0 saturated heterocycles. The summed E-state index contributed by atoms with van der Waals surface area (Å²) in [6.07, 6.45) is 1.87. The van der Waals surface area contributed by atoms with Crippen molar-refractivity contribution in [3.63, 3.8) is 0 Å². The van der Waals surface area contributed by atoms with E-state index in [2.05, 4.69) is 5.32 Å². The number of anilines is 1. The molecule has 0 radical (unpaired) electrons. The Morgan fingerprint density at radius 2 is 1.74 bits per heavy atom. The zero-order valence-electron chi connectivity index (χ0n) is 18.1. The Morgan fingerprint density at radius 3 is 2.26 bits per heavy atom. The minimum absolute atomic E-state index is 0.111. The number of likely N-dealkylation sites (N-methyl/N-ethyl adjacent to an activating group) is 1. The molecule has 2 rings (SSSR count). The lowest BCUT2D eigenvalue weighted by Crippen LogP contribution is -2.50. The summed E-state index contributed by atoms with van der Waals surface area (Å²) in [5.41, 5.74) is 2.18. The average molecular weight is 466 g/mol. The molecular formula is C22H28ClN3O4S. The van der Waals surface area contributed by atoms with E-state index in [0.717, 1.165) is 28.1 Å². The van der Waals surface area contributed by atoms with Gasteiger partial charge in [-0.05, 0) is 48.7 Å². The molecule has 2 amide bonds. The summed E-state index contributed by atoms with van der Waals surface area (Å²) in [5.74, 6) is -0.852. The Bertz CT molecular complexity index is 1030. The second-order valence-electron chi connectivity index (χ2n) is 7.23. The van der Waals surface area contributed by atoms with Crippen LogP contribution in [-0.2, 0) is 32.6 Å². The van der Waals surface area contributed by atoms with Gasteiger partial charge in [0.25, 0.3) is 0 Å². The van der Waals surface area contributed by atoms with Gasteiger partial charge < -0.3 is 10.2 Å². The van der Waals surface area contributed by atoms with Gasteiger partial charge in [0.1, 0.15) is 12.6 Å². The van der Waals surface area contributed by atoms with Gasteiger partial charge >= 0.3 is 0 Å². The molecule has 2 aromatic rings. The Kier molecular flexibility index (Phi) is 8.47. The van der Waals surface area contributed by atoms with Gasteiger partial charge in [-0.25, -0.2) is 8.42 Å². The van der Waals surface area contributed by atoms with Crippen LogP contribution >= 0.6 is 11.6 Å². The van der Waals surface area contributed by atoms with E-state index in [1.165, 1.54) is 11.9 Å². The third kappa shape index (κ3) is 6.70. The Morgan fingerprint density at radius 1 is 1.10 bits per heavy atom. The number of hydrogen-bond donors (Lipinski definition) is 1. The van der Waals surface area contributed by atoms with Crippen molar-refractivity contribution >= 4 is 39.1 Å². The maximum Gasteiger partial charge on any atom is 0.244 e. The van der Waals surface area contributed by atoms with Crippen molar-refractivity contribution in [3.8, 4) is 0 Å². The van der Waals surface area contributed by atoms with Crippen molar-refractivity contribution in [1.82, 2.24) is 10.2 Å². The summed E-state index contributed by atoms with van der Waals surface area (Å²) in [5, 5.41) is 3.04. The number of hydrogen-bond acceptors (Lipinski definition) is 4. The van der Waals surface area contributed by atoms with E-state index >= 15 is 0 Å². The van der Waals surface area contributed by atoms with Crippen LogP contribution in [0.25, 0.3) is 0 Å². The molecule has 0 saturated carbocycles. The predicted molar refractivity (Wildman–Crippen MR) is 124 cm³/mol. The van der Waals surface area contributed by atoms with E-state index in [4.69, 9.17) is 11.6 Å². The number of carbonyl (C=O) groups is 2. The lowest BCUT2D eigenvalue weighted by Gasteiger charge is -2.31. The van der Waals surface area contributed by atoms with Crippen LogP contribution in [0.3, 0.4) is 0 Å². The summed E-state index contributed by atoms with van der Waals surface area (Å²) >= 11 is 6.06. The first-order valence-electron chi connectivity index (χ1n) is 9.89. The highest BCUT2D eigenvalue weighted by molar-refractivity contribution is 7.92. The normalized spacial score (nSPS) is 12.2. The molecule has 1 unspecified atom stereocenters. The lowest BCUT2D eigenvalue weighted by molar-refractivity contribution is -0.139. The second-order valence-corrected chi connectivity index (χ2v) is 9.57. The third-order valence-corrected chi connectivity index (χ3v) is 6.34. The zero-order valence-corrected chi connectivity index (χ0v) is 19.7. The molecule has 0 aliphatic heterocycles. The number of nitrogens with one attached hydrogen (secondary N) is 1. The zero-order chi connectivity index (χ0) is 23.2. The Labute approximate surface area is 189 Å². The Balaban J connectivity index is 2.36. The first-order valence-corrected chi connectivity index (χ1v) is 12.1. The van der Waals surface area contributed by atoms with Crippen LogP contribution in [0.15, 0.2) is 48.5 Å². The number of aryl methyl sites for hydroxylation is 1. The number of halogens is 1. The molecule has 31 heavy (non-hydrogen) atoms. The summed E-state index contributed by atoms with van der Waals surface area (Å²) < 4.78 is 26.0. The summed E-state index contributed by atoms with van der Waals surface area (Å²) in [4.78, 5) is 26.9. The molecule has 168 valence electrons. The van der Waals surface area contributed by atoms with Crippen LogP contribution < -0.4 is 9.62 Å². The number of carbonyl (C=O) groups excluding carboxylic acids is 2. The SMILES string of the molecule is CCc1ccc(N(CC(=O)N(Cc2cccc(Cl)c2)C(C)C(=O)NC)S(C)(=O)=O)cc1. The minimum Gasteiger partial charge on any atom is -0.357 e. The van der Waals surface area contributed by atoms with E-state index < -0.39 is 28.5 Å². The van der Waals surface area contributed by atoms with Gasteiger partial charge in [-0.2, -0.15) is 0 Å². The average Bonchev–Trinajstić information content (AvgIpc) is 2.74. The van der Waals surface area contributed by atoms with Crippen molar-refractivity contribution in [2.75, 3.05) is 24.2 Å². The quantitative estimate of drug-likeness (QED) is 0.617. The minimum atomic E-state index is -3.73. The molecule has 0 aliphatic rings. The van der Waals surface area contributed by atoms with E-state index in [1.807, 2.05) is 19.1 Å². The Hall–Kier alpha value is -2.58. The highest BCUT2D eigenvalue weighted by Gasteiger charge is 2.29. The van der Waals surface area contributed by atoms with Crippen LogP contribution in [0.4, 0.5) is 5.69 Å². The summed E-state index contributed by atoms with van der Waals surface area (Å²) in [6, 6.07) is 13.2. The molecule has 1 N–H and O–H groups in total. The monoisotopic (exact) mass is 465 g/mol. The molecule has 0 aliphatic carbocycles. The van der Waals surface area contributed by atoms with Crippen LogP contribution in [0.2, 0.25) is 5.02 Å². The molecular weight excluding hydrogens is 438 g/mol. The molecule has 0 spiro atoms. The maximum atomic E-state index is 13.3. The molecule has 0 bridgehead atoms. The number of benzene rings is 2. The molecule has 0 fully saturated rings. The van der Waals surface area contributed by atoms with E-state index in [1.54, 1.807) is 43.3 Å². The first-order chi connectivity index (χ1) is 14.6. The lowest BCUT2D eigenvalue weighted by atomic mass is 10.1. The van der Waals surface area contributed by atoms with Crippen LogP contribution in [0.5, 0.6) is 0 Å². The van der Waals surface area contributed by atoms with E-state index in [0.29, 0.717) is 10.7 Å². The molecule has 9 heteroatoms. The third-order valence-electron chi connectivity index (χ3n) is 4.97. The number of nitrogens with zero attached hydrogens (tertiary/aromatic N) is 2. The molecule has 7 nitrogen and oxygen atoms in total. The first kappa shape index (κ1) is 24.7. The summed E-state index contributed by atoms with van der Waals surface area (Å²) in [6.45, 7) is 3.29. The van der Waals surface area contributed by atoms with Gasteiger partial charge in [-0.1, -0.05) is 42.8 Å². The highest BCUT2D eigenvalue weighted by atomic mass is 35.5. The van der Waals surface area contributed by atoms with Gasteiger partial charge in [0.2, 0.25) is 21.8 Å². The van der Waals surface area contributed by atoms with Crippen molar-refractivity contribution < 1.29 is 18.0 Å². The highest BCUT2D eigenvalue weighted by Crippen LogP contribution is 2.20. The van der Waals surface area contributed by atoms with Gasteiger partial charge in [0, 0.05) is 18.6 Å². The van der Waals surface area contributed by atoms with Crippen molar-refractivity contribution in [3.05, 3.63) is 64.7 Å². The van der Waals surface area contributed by atoms with E-state index in [9.17, 15) is 18.0 Å². The van der Waals surface area contributed by atoms with Crippen molar-refractivity contribution in [1.29, 1.82) is 0 Å². The maximum absolute atomic E-state index is 13.3. The largest absolute Gasteiger partial charge is 0.357 e. The van der Waals surface area contributed by atoms with Gasteiger partial charge in [-0.15, -0.1) is 0 Å². The smallest absolute Gasteiger partial charge is 0.244 e. The van der Waals surface area contributed by atoms with Crippen molar-refractivity contribution in [2.24, 2.45) is 0 Å². The fourth-order valence-electron chi connectivity index (χ4n) is 3.14. The topological polar surface area (TPSA) is 86.8 Å². The number of sulfonamides is 1. The van der Waals surface area contributed by atoms with Crippen LogP contribution in [0.1, 0.15) is 25.0 Å². The standard InChI is InChI=1S/C22H28ClN3O4S/c1-5-17-9-11-20(12-10-17)26(31(4,29)30)15-21(27)25(16(2)22(28)24-3)14-18-7-6-8-19(23)13-18/h6-13,16H,5,14-15H2,1-4H3,(H,24,28). The fourth-order valence-corrected chi connectivity index (χ4v) is 4.20.